The first kappa shape index (κ1) is 30.5. The quantitative estimate of drug-likeness (QED) is 0.106. The third-order valence-corrected chi connectivity index (χ3v) is 5.27. The molecule has 1 aromatic heterocycles. The zero-order chi connectivity index (χ0) is 27.3. The number of unbranched alkanes of at least 4 members (excludes halogenated alkanes) is 1. The number of nitrogens with zero attached hydrogens (tertiary/aromatic N) is 1. The van der Waals surface area contributed by atoms with E-state index in [1.54, 1.807) is 0 Å². The van der Waals surface area contributed by atoms with Gasteiger partial charge in [-0.05, 0) is 38.1 Å². The Morgan fingerprint density at radius 2 is 1.61 bits per heavy atom. The first-order valence-corrected chi connectivity index (χ1v) is 11.8. The number of nitrogens with one attached hydrogen (secondary N) is 4. The number of carboxylic acid groups (broad SMARTS) is 1. The van der Waals surface area contributed by atoms with Crippen molar-refractivity contribution in [3.63, 3.8) is 0 Å². The molecule has 4 amide bonds. The van der Waals surface area contributed by atoms with Gasteiger partial charge in [0, 0.05) is 18.3 Å². The second-order valence-corrected chi connectivity index (χ2v) is 8.99. The van der Waals surface area contributed by atoms with Gasteiger partial charge < -0.3 is 43.2 Å². The van der Waals surface area contributed by atoms with Gasteiger partial charge in [-0.1, -0.05) is 13.8 Å². The van der Waals surface area contributed by atoms with E-state index in [4.69, 9.17) is 17.2 Å². The van der Waals surface area contributed by atoms with E-state index in [0.29, 0.717) is 25.1 Å². The molecule has 0 saturated carbocycles. The molecule has 0 saturated heterocycles. The molecular weight excluding hydrogens is 472 g/mol. The van der Waals surface area contributed by atoms with Crippen molar-refractivity contribution < 1.29 is 29.1 Å². The topological polar surface area (TPSA) is 248 Å². The fourth-order valence-electron chi connectivity index (χ4n) is 3.41. The number of carboxylic acids is 1. The van der Waals surface area contributed by atoms with Crippen LogP contribution in [0, 0.1) is 5.92 Å². The Labute approximate surface area is 209 Å². The fraction of sp³-hybridized carbons (Fsp3) is 0.636. The molecule has 14 heteroatoms. The minimum atomic E-state index is -1.26. The molecule has 0 fully saturated rings. The Bertz CT molecular complexity index is 876. The van der Waals surface area contributed by atoms with Crippen LogP contribution in [-0.4, -0.2) is 75.4 Å². The maximum absolute atomic E-state index is 13.1. The standard InChI is InChI=1S/C22H38N8O6/c1-12(2)7-16(29-19(32)14(24)9-18(25)31)21(34)28-15(5-3-4-6-23)20(33)30-17(22(35)36)8-13-10-26-11-27-13/h10-12,14-17H,3-9,23-24H2,1-2H3,(H2,25,31)(H,26,27)(H,28,34)(H,29,32)(H,30,33)(H,35,36). The number of carbonyl (C=O) groups is 5. The predicted octanol–water partition coefficient (Wildman–Crippen LogP) is -2.13. The molecule has 0 aromatic carbocycles. The molecular formula is C22H38N8O6. The van der Waals surface area contributed by atoms with Crippen LogP contribution in [0.25, 0.3) is 0 Å². The maximum Gasteiger partial charge on any atom is 0.326 e. The normalized spacial score (nSPS) is 14.4. The molecule has 0 aliphatic carbocycles. The molecule has 0 bridgehead atoms. The highest BCUT2D eigenvalue weighted by Gasteiger charge is 2.31. The molecule has 0 spiro atoms. The number of aromatic amines is 1. The number of hydrogen-bond acceptors (Lipinski definition) is 8. The van der Waals surface area contributed by atoms with Crippen molar-refractivity contribution in [2.45, 2.75) is 76.5 Å². The average molecular weight is 511 g/mol. The second-order valence-electron chi connectivity index (χ2n) is 8.99. The third-order valence-electron chi connectivity index (χ3n) is 5.27. The lowest BCUT2D eigenvalue weighted by atomic mass is 10.0. The van der Waals surface area contributed by atoms with Crippen molar-refractivity contribution in [1.29, 1.82) is 0 Å². The van der Waals surface area contributed by atoms with Gasteiger partial charge in [-0.25, -0.2) is 9.78 Å². The smallest absolute Gasteiger partial charge is 0.326 e. The Morgan fingerprint density at radius 3 is 2.14 bits per heavy atom. The summed E-state index contributed by atoms with van der Waals surface area (Å²) >= 11 is 0. The van der Waals surface area contributed by atoms with Crippen molar-refractivity contribution in [2.75, 3.05) is 6.54 Å². The highest BCUT2D eigenvalue weighted by molar-refractivity contribution is 5.95. The van der Waals surface area contributed by atoms with E-state index in [9.17, 15) is 29.1 Å². The van der Waals surface area contributed by atoms with Crippen LogP contribution >= 0.6 is 0 Å². The molecule has 1 aromatic rings. The van der Waals surface area contributed by atoms with Gasteiger partial charge in [-0.15, -0.1) is 0 Å². The number of rotatable bonds is 17. The highest BCUT2D eigenvalue weighted by Crippen LogP contribution is 2.09. The van der Waals surface area contributed by atoms with Gasteiger partial charge in [-0.3, -0.25) is 19.2 Å². The number of nitrogens with two attached hydrogens (primary N) is 3. The lowest BCUT2D eigenvalue weighted by Crippen LogP contribution is -2.57. The Morgan fingerprint density at radius 1 is 1.00 bits per heavy atom. The number of amides is 4. The van der Waals surface area contributed by atoms with Crippen LogP contribution in [0.5, 0.6) is 0 Å². The van der Waals surface area contributed by atoms with Gasteiger partial charge in [0.25, 0.3) is 0 Å². The minimum absolute atomic E-state index is 0.0104. The van der Waals surface area contributed by atoms with E-state index >= 15 is 0 Å². The molecule has 0 aliphatic rings. The number of aliphatic carboxylic acids is 1. The lowest BCUT2D eigenvalue weighted by molar-refractivity contribution is -0.142. The number of H-pyrrole nitrogens is 1. The number of carbonyl (C=O) groups excluding carboxylic acids is 4. The third kappa shape index (κ3) is 11.3. The number of aromatic nitrogens is 2. The van der Waals surface area contributed by atoms with Gasteiger partial charge in [0.15, 0.2) is 0 Å². The zero-order valence-electron chi connectivity index (χ0n) is 20.7. The first-order valence-electron chi connectivity index (χ1n) is 11.8. The van der Waals surface area contributed by atoms with Crippen molar-refractivity contribution in [3.05, 3.63) is 18.2 Å². The summed E-state index contributed by atoms with van der Waals surface area (Å²) in [7, 11) is 0. The van der Waals surface area contributed by atoms with Gasteiger partial charge >= 0.3 is 5.97 Å². The van der Waals surface area contributed by atoms with Gasteiger partial charge in [-0.2, -0.15) is 0 Å². The van der Waals surface area contributed by atoms with Crippen LogP contribution in [0.3, 0.4) is 0 Å². The number of imidazole rings is 1. The molecule has 0 radical (unpaired) electrons. The highest BCUT2D eigenvalue weighted by atomic mass is 16.4. The van der Waals surface area contributed by atoms with E-state index in [1.807, 2.05) is 13.8 Å². The molecule has 1 rings (SSSR count). The van der Waals surface area contributed by atoms with Crippen LogP contribution in [0.2, 0.25) is 0 Å². The SMILES string of the molecule is CC(C)CC(NC(=O)C(N)CC(N)=O)C(=O)NC(CCCCN)C(=O)NC(Cc1cnc[nH]1)C(=O)O. The Balaban J connectivity index is 2.98. The summed E-state index contributed by atoms with van der Waals surface area (Å²) in [6.07, 6.45) is 3.94. The van der Waals surface area contributed by atoms with Gasteiger partial charge in [0.05, 0.1) is 18.8 Å². The van der Waals surface area contributed by atoms with Crippen LogP contribution in [-0.2, 0) is 30.4 Å². The van der Waals surface area contributed by atoms with Gasteiger partial charge in [0.1, 0.15) is 18.1 Å². The summed E-state index contributed by atoms with van der Waals surface area (Å²) in [5, 5.41) is 17.1. The Hall–Kier alpha value is -3.52. The van der Waals surface area contributed by atoms with Crippen molar-refractivity contribution in [2.24, 2.45) is 23.1 Å². The van der Waals surface area contributed by atoms with Gasteiger partial charge in [0.2, 0.25) is 23.6 Å². The fourth-order valence-corrected chi connectivity index (χ4v) is 3.41. The first-order chi connectivity index (χ1) is 16.9. The number of primary amides is 1. The second kappa shape index (κ2) is 15.5. The van der Waals surface area contributed by atoms with E-state index in [-0.39, 0.29) is 25.2 Å². The van der Waals surface area contributed by atoms with E-state index in [1.165, 1.54) is 12.5 Å². The number of hydrogen-bond donors (Lipinski definition) is 8. The summed E-state index contributed by atoms with van der Waals surface area (Å²) in [5.74, 6) is -4.09. The van der Waals surface area contributed by atoms with E-state index in [2.05, 4.69) is 25.9 Å². The lowest BCUT2D eigenvalue weighted by Gasteiger charge is -2.26. The summed E-state index contributed by atoms with van der Waals surface area (Å²) in [6, 6.07) is -4.60. The summed E-state index contributed by atoms with van der Waals surface area (Å²) < 4.78 is 0. The molecule has 1 heterocycles. The predicted molar refractivity (Wildman–Crippen MR) is 130 cm³/mol. The van der Waals surface area contributed by atoms with Crippen LogP contribution in [0.1, 0.15) is 51.6 Å². The molecule has 11 N–H and O–H groups in total. The zero-order valence-corrected chi connectivity index (χ0v) is 20.7. The molecule has 4 unspecified atom stereocenters. The molecule has 4 atom stereocenters. The van der Waals surface area contributed by atoms with Crippen LogP contribution in [0.4, 0.5) is 0 Å². The molecule has 14 nitrogen and oxygen atoms in total. The van der Waals surface area contributed by atoms with E-state index < -0.39 is 60.2 Å². The van der Waals surface area contributed by atoms with Crippen molar-refractivity contribution in [3.8, 4) is 0 Å². The Kier molecular flexibility index (Phi) is 13.1. The molecule has 36 heavy (non-hydrogen) atoms. The monoisotopic (exact) mass is 510 g/mol. The van der Waals surface area contributed by atoms with Crippen molar-refractivity contribution in [1.82, 2.24) is 25.9 Å². The minimum Gasteiger partial charge on any atom is -0.480 e. The van der Waals surface area contributed by atoms with Crippen LogP contribution in [0.15, 0.2) is 12.5 Å². The molecule has 202 valence electrons. The summed E-state index contributed by atoms with van der Waals surface area (Å²) in [6.45, 7) is 4.06. The van der Waals surface area contributed by atoms with Crippen LogP contribution < -0.4 is 33.2 Å². The summed E-state index contributed by atoms with van der Waals surface area (Å²) in [5.41, 5.74) is 16.8. The summed E-state index contributed by atoms with van der Waals surface area (Å²) in [4.78, 5) is 67.9. The van der Waals surface area contributed by atoms with E-state index in [0.717, 1.165) is 0 Å². The maximum atomic E-state index is 13.1. The van der Waals surface area contributed by atoms with Crippen molar-refractivity contribution >= 4 is 29.6 Å². The largest absolute Gasteiger partial charge is 0.480 e. The average Bonchev–Trinajstić information content (AvgIpc) is 3.29. The molecule has 0 aliphatic heterocycles.